The van der Waals surface area contributed by atoms with Crippen LogP contribution in [0.4, 0.5) is 0 Å². The molecule has 0 unspecified atom stereocenters. The van der Waals surface area contributed by atoms with Gasteiger partial charge in [0, 0.05) is 11.8 Å². The molecular weight excluding hydrogens is 292 g/mol. The first-order chi connectivity index (χ1) is 8.99. The number of nitrogens with one attached hydrogen (secondary N) is 1. The Morgan fingerprint density at radius 1 is 1.53 bits per heavy atom. The van der Waals surface area contributed by atoms with Crippen molar-refractivity contribution in [2.24, 2.45) is 0 Å². The van der Waals surface area contributed by atoms with Crippen LogP contribution in [0, 0.1) is 0 Å². The maximum absolute atomic E-state index is 11.8. The van der Waals surface area contributed by atoms with Gasteiger partial charge in [0.2, 0.25) is 0 Å². The molecule has 1 aromatic rings. The predicted octanol–water partition coefficient (Wildman–Crippen LogP) is -0.326. The van der Waals surface area contributed by atoms with E-state index < -0.39 is 33.4 Å². The van der Waals surface area contributed by atoms with E-state index in [-0.39, 0.29) is 6.61 Å². The van der Waals surface area contributed by atoms with Gasteiger partial charge >= 0.3 is 5.69 Å². The van der Waals surface area contributed by atoms with Crippen molar-refractivity contribution in [1.82, 2.24) is 9.55 Å². The van der Waals surface area contributed by atoms with Crippen LogP contribution in [0.15, 0.2) is 15.8 Å². The number of nitrogens with zero attached hydrogens (tertiary/aromatic N) is 1. The topological polar surface area (TPSA) is 95.3 Å². The normalized spacial score (nSPS) is 30.7. The second-order valence-electron chi connectivity index (χ2n) is 4.36. The number of thioether (sulfide) groups is 1. The summed E-state index contributed by atoms with van der Waals surface area (Å²) in [5.41, 5.74) is -0.487. The molecule has 1 aliphatic heterocycles. The molecule has 0 radical (unpaired) electrons. The van der Waals surface area contributed by atoms with Crippen molar-refractivity contribution in [1.29, 1.82) is 0 Å². The van der Waals surface area contributed by atoms with Crippen LogP contribution < -0.4 is 11.2 Å². The molecule has 2 rings (SSSR count). The van der Waals surface area contributed by atoms with Crippen LogP contribution in [0.3, 0.4) is 0 Å². The van der Waals surface area contributed by atoms with Crippen LogP contribution in [0.2, 0.25) is 0 Å². The van der Waals surface area contributed by atoms with Gasteiger partial charge in [-0.25, -0.2) is 4.79 Å². The Balaban J connectivity index is 2.43. The number of H-pyrrole nitrogens is 1. The van der Waals surface area contributed by atoms with Crippen molar-refractivity contribution in [2.45, 2.75) is 35.4 Å². The zero-order valence-corrected chi connectivity index (χ0v) is 11.8. The summed E-state index contributed by atoms with van der Waals surface area (Å²) in [6.07, 6.45) is 1.07. The molecule has 4 atom stereocenters. The van der Waals surface area contributed by atoms with Gasteiger partial charge in [0.1, 0.15) is 5.37 Å². The van der Waals surface area contributed by atoms with Gasteiger partial charge in [0.05, 0.1) is 23.3 Å². The highest BCUT2D eigenvalue weighted by Crippen LogP contribution is 2.43. The lowest BCUT2D eigenvalue weighted by atomic mass is 10.2. The van der Waals surface area contributed by atoms with Crippen molar-refractivity contribution in [3.8, 4) is 0 Å². The summed E-state index contributed by atoms with van der Waals surface area (Å²) in [4.78, 5) is 25.6. The largest absolute Gasteiger partial charge is 0.395 e. The molecule has 0 amide bonds. The fourth-order valence-electron chi connectivity index (χ4n) is 2.05. The van der Waals surface area contributed by atoms with E-state index in [9.17, 15) is 14.7 Å². The molecule has 0 bridgehead atoms. The summed E-state index contributed by atoms with van der Waals surface area (Å²) >= 11 is 7.34. The molecule has 3 N–H and O–H groups in total. The quantitative estimate of drug-likeness (QED) is 0.665. The Morgan fingerprint density at radius 2 is 2.21 bits per heavy atom. The van der Waals surface area contributed by atoms with Crippen molar-refractivity contribution < 1.29 is 10.2 Å². The number of aliphatic hydroxyl groups excluding tert-OH is 2. The molecule has 0 spiro atoms. The third-order valence-corrected chi connectivity index (χ3v) is 5.39. The molecule has 1 aromatic heterocycles. The van der Waals surface area contributed by atoms with E-state index in [2.05, 4.69) is 4.98 Å². The van der Waals surface area contributed by atoms with E-state index in [1.807, 2.05) is 6.92 Å². The number of halogens is 1. The van der Waals surface area contributed by atoms with Gasteiger partial charge in [-0.05, 0) is 6.42 Å². The highest BCUT2D eigenvalue weighted by Gasteiger charge is 2.43. The maximum Gasteiger partial charge on any atom is 0.329 e. The molecule has 2 heterocycles. The number of alkyl halides is 1. The first kappa shape index (κ1) is 14.6. The SMILES string of the molecule is CCc1cn([C@@H]2S[C@H](CO)[C@@H](O)[C@H]2Cl)c(=O)[nH]c1=O. The number of aryl methyl sites for hydroxylation is 1. The van der Waals surface area contributed by atoms with Crippen LogP contribution in [-0.4, -0.2) is 43.1 Å². The monoisotopic (exact) mass is 306 g/mol. The van der Waals surface area contributed by atoms with Crippen LogP contribution in [0.25, 0.3) is 0 Å². The van der Waals surface area contributed by atoms with Gasteiger partial charge in [0.25, 0.3) is 5.56 Å². The van der Waals surface area contributed by atoms with Crippen LogP contribution in [0.5, 0.6) is 0 Å². The summed E-state index contributed by atoms with van der Waals surface area (Å²) in [6, 6.07) is 0. The highest BCUT2D eigenvalue weighted by atomic mass is 35.5. The van der Waals surface area contributed by atoms with E-state index in [1.54, 1.807) is 0 Å². The maximum atomic E-state index is 11.8. The fraction of sp³-hybridized carbons (Fsp3) is 0.636. The lowest BCUT2D eigenvalue weighted by Gasteiger charge is -2.17. The molecule has 8 heteroatoms. The van der Waals surface area contributed by atoms with Gasteiger partial charge in [0.15, 0.2) is 0 Å². The minimum Gasteiger partial charge on any atom is -0.395 e. The number of aromatic nitrogens is 2. The molecule has 106 valence electrons. The van der Waals surface area contributed by atoms with Crippen molar-refractivity contribution in [3.05, 3.63) is 32.6 Å². The van der Waals surface area contributed by atoms with Gasteiger partial charge in [-0.2, -0.15) is 0 Å². The second kappa shape index (κ2) is 5.70. The predicted molar refractivity (Wildman–Crippen MR) is 73.9 cm³/mol. The van der Waals surface area contributed by atoms with Crippen molar-refractivity contribution >= 4 is 23.4 Å². The second-order valence-corrected chi connectivity index (χ2v) is 6.22. The fourth-order valence-corrected chi connectivity index (χ4v) is 3.98. The molecule has 1 fully saturated rings. The molecule has 0 aromatic carbocycles. The molecule has 19 heavy (non-hydrogen) atoms. The van der Waals surface area contributed by atoms with Crippen molar-refractivity contribution in [2.75, 3.05) is 6.61 Å². The number of aromatic amines is 1. The number of hydrogen-bond donors (Lipinski definition) is 3. The zero-order valence-electron chi connectivity index (χ0n) is 10.2. The standard InChI is InChI=1S/C11H15ClN2O4S/c1-2-5-3-14(11(18)13-9(5)17)10-7(12)8(16)6(4-15)19-10/h3,6-8,10,15-16H,2,4H2,1H3,(H,13,17,18)/t6-,7-,8-,10-/m1/s1. The molecular formula is C11H15ClN2O4S. The van der Waals surface area contributed by atoms with Gasteiger partial charge < -0.3 is 10.2 Å². The smallest absolute Gasteiger partial charge is 0.329 e. The average Bonchev–Trinajstić information content (AvgIpc) is 2.67. The molecule has 1 aliphatic rings. The lowest BCUT2D eigenvalue weighted by Crippen LogP contribution is -2.36. The van der Waals surface area contributed by atoms with Gasteiger partial charge in [-0.1, -0.05) is 6.92 Å². The Bertz CT molecular complexity index is 573. The number of rotatable bonds is 3. The van der Waals surface area contributed by atoms with E-state index >= 15 is 0 Å². The minimum atomic E-state index is -0.898. The Kier molecular flexibility index (Phi) is 4.39. The van der Waals surface area contributed by atoms with Gasteiger partial charge in [-0.15, -0.1) is 23.4 Å². The van der Waals surface area contributed by atoms with Crippen LogP contribution in [0.1, 0.15) is 17.9 Å². The number of aliphatic hydroxyl groups is 2. The Labute approximate surface area is 118 Å². The average molecular weight is 307 g/mol. The number of hydrogen-bond acceptors (Lipinski definition) is 5. The van der Waals surface area contributed by atoms with E-state index in [4.69, 9.17) is 16.7 Å². The summed E-state index contributed by atoms with van der Waals surface area (Å²) < 4.78 is 1.32. The molecule has 6 nitrogen and oxygen atoms in total. The molecule has 0 aliphatic carbocycles. The molecule has 0 saturated carbocycles. The van der Waals surface area contributed by atoms with E-state index in [1.165, 1.54) is 22.5 Å². The first-order valence-electron chi connectivity index (χ1n) is 5.92. The Hall–Kier alpha value is -0.760. The lowest BCUT2D eigenvalue weighted by molar-refractivity contribution is 0.140. The summed E-state index contributed by atoms with van der Waals surface area (Å²) in [6.45, 7) is 1.59. The zero-order chi connectivity index (χ0) is 14.2. The summed E-state index contributed by atoms with van der Waals surface area (Å²) in [5, 5.41) is 17.4. The third kappa shape index (κ3) is 2.60. The van der Waals surface area contributed by atoms with E-state index in [0.717, 1.165) is 0 Å². The van der Waals surface area contributed by atoms with Crippen molar-refractivity contribution in [3.63, 3.8) is 0 Å². The summed E-state index contributed by atoms with van der Waals surface area (Å²) in [7, 11) is 0. The van der Waals surface area contributed by atoms with E-state index in [0.29, 0.717) is 12.0 Å². The minimum absolute atomic E-state index is 0.218. The van der Waals surface area contributed by atoms with Gasteiger partial charge in [-0.3, -0.25) is 14.3 Å². The highest BCUT2D eigenvalue weighted by molar-refractivity contribution is 8.00. The van der Waals surface area contributed by atoms with Crippen LogP contribution in [-0.2, 0) is 6.42 Å². The molecule has 1 saturated heterocycles. The van der Waals surface area contributed by atoms with Crippen LogP contribution >= 0.6 is 23.4 Å². The first-order valence-corrected chi connectivity index (χ1v) is 7.30. The summed E-state index contributed by atoms with van der Waals surface area (Å²) in [5.74, 6) is 0. The Morgan fingerprint density at radius 3 is 2.74 bits per heavy atom. The third-order valence-electron chi connectivity index (χ3n) is 3.17.